The molecule has 1 aliphatic heterocycles. The van der Waals surface area contributed by atoms with Crippen LogP contribution in [0.5, 0.6) is 0 Å². The number of carbonyl (C=O) groups is 2. The lowest BCUT2D eigenvalue weighted by Gasteiger charge is -2.38. The van der Waals surface area contributed by atoms with Crippen molar-refractivity contribution in [3.63, 3.8) is 0 Å². The van der Waals surface area contributed by atoms with Crippen molar-refractivity contribution in [1.82, 2.24) is 15.3 Å². The fraction of sp³-hybridized carbons (Fsp3) is 0.250. The molecule has 0 spiro atoms. The Bertz CT molecular complexity index is 1380. The van der Waals surface area contributed by atoms with Gasteiger partial charge in [-0.25, -0.2) is 20.0 Å². The highest BCUT2D eigenvalue weighted by atomic mass is 16.6. The van der Waals surface area contributed by atoms with Crippen LogP contribution in [0.3, 0.4) is 0 Å². The van der Waals surface area contributed by atoms with E-state index in [4.69, 9.17) is 9.47 Å². The standard InChI is InChI=1S/C32H33N3O4/c36-31(38-23-25-10-3-1-4-11-25)33-35(32(37)39-24-26-12-5-2-6-13-26)30-16-9-19-34(22-30)21-27-17-18-28-14-7-8-15-29(28)20-27/h1-8,10-15,17-18,20,30H,9,16,19,21-24H2,(H,33,36). The predicted molar refractivity (Wildman–Crippen MR) is 150 cm³/mol. The Labute approximate surface area is 228 Å². The number of amides is 2. The molecule has 1 heterocycles. The van der Waals surface area contributed by atoms with Gasteiger partial charge in [-0.2, -0.15) is 0 Å². The lowest BCUT2D eigenvalue weighted by Crippen LogP contribution is -2.57. The molecule has 4 aromatic rings. The maximum Gasteiger partial charge on any atom is 0.429 e. The van der Waals surface area contributed by atoms with E-state index in [2.05, 4.69) is 40.7 Å². The van der Waals surface area contributed by atoms with E-state index in [0.717, 1.165) is 37.1 Å². The number of benzene rings is 4. The normalized spacial score (nSPS) is 15.4. The second-order valence-corrected chi connectivity index (χ2v) is 9.80. The van der Waals surface area contributed by atoms with Gasteiger partial charge in [-0.1, -0.05) is 97.1 Å². The van der Waals surface area contributed by atoms with Crippen LogP contribution < -0.4 is 5.43 Å². The summed E-state index contributed by atoms with van der Waals surface area (Å²) < 4.78 is 11.0. The summed E-state index contributed by atoms with van der Waals surface area (Å²) in [6, 6.07) is 33.5. The highest BCUT2D eigenvalue weighted by Crippen LogP contribution is 2.21. The third kappa shape index (κ3) is 7.36. The minimum absolute atomic E-state index is 0.109. The molecule has 39 heavy (non-hydrogen) atoms. The third-order valence-corrected chi connectivity index (χ3v) is 6.89. The van der Waals surface area contributed by atoms with Crippen LogP contribution in [-0.2, 0) is 29.2 Å². The molecule has 1 fully saturated rings. The molecule has 2 amide bonds. The first-order valence-electron chi connectivity index (χ1n) is 13.3. The molecule has 5 rings (SSSR count). The molecule has 1 unspecified atom stereocenters. The van der Waals surface area contributed by atoms with Gasteiger partial charge in [-0.05, 0) is 52.9 Å². The van der Waals surface area contributed by atoms with Crippen LogP contribution in [0.4, 0.5) is 9.59 Å². The number of rotatable bonds is 7. The minimum Gasteiger partial charge on any atom is -0.443 e. The van der Waals surface area contributed by atoms with E-state index in [1.54, 1.807) is 0 Å². The molecule has 1 aliphatic rings. The fourth-order valence-electron chi connectivity index (χ4n) is 4.91. The van der Waals surface area contributed by atoms with Crippen molar-refractivity contribution in [2.75, 3.05) is 13.1 Å². The van der Waals surface area contributed by atoms with Gasteiger partial charge < -0.3 is 9.47 Å². The van der Waals surface area contributed by atoms with Gasteiger partial charge in [0.25, 0.3) is 0 Å². The van der Waals surface area contributed by atoms with Crippen LogP contribution in [0.1, 0.15) is 29.5 Å². The summed E-state index contributed by atoms with van der Waals surface area (Å²) in [5, 5.41) is 3.73. The van der Waals surface area contributed by atoms with E-state index >= 15 is 0 Å². The van der Waals surface area contributed by atoms with Gasteiger partial charge in [0.05, 0.1) is 6.04 Å². The van der Waals surface area contributed by atoms with Gasteiger partial charge in [0.15, 0.2) is 0 Å². The van der Waals surface area contributed by atoms with Gasteiger partial charge in [0, 0.05) is 13.1 Å². The number of nitrogens with one attached hydrogen (secondary N) is 1. The number of carbonyl (C=O) groups excluding carboxylic acids is 2. The van der Waals surface area contributed by atoms with Crippen molar-refractivity contribution in [2.24, 2.45) is 0 Å². The Kier molecular flexibility index (Phi) is 8.71. The summed E-state index contributed by atoms with van der Waals surface area (Å²) in [5.41, 5.74) is 5.62. The highest BCUT2D eigenvalue weighted by molar-refractivity contribution is 5.83. The van der Waals surface area contributed by atoms with E-state index < -0.39 is 12.2 Å². The number of hydrogen-bond donors (Lipinski definition) is 1. The van der Waals surface area contributed by atoms with E-state index in [1.165, 1.54) is 21.3 Å². The van der Waals surface area contributed by atoms with Crippen molar-refractivity contribution in [3.8, 4) is 0 Å². The smallest absolute Gasteiger partial charge is 0.429 e. The van der Waals surface area contributed by atoms with E-state index in [1.807, 2.05) is 72.8 Å². The number of hydrazine groups is 1. The van der Waals surface area contributed by atoms with E-state index in [0.29, 0.717) is 6.54 Å². The molecule has 1 saturated heterocycles. The van der Waals surface area contributed by atoms with Gasteiger partial charge in [0.2, 0.25) is 0 Å². The maximum atomic E-state index is 13.3. The zero-order valence-electron chi connectivity index (χ0n) is 21.9. The molecular weight excluding hydrogens is 490 g/mol. The van der Waals surface area contributed by atoms with Crippen molar-refractivity contribution in [1.29, 1.82) is 0 Å². The van der Waals surface area contributed by atoms with Gasteiger partial charge in [0.1, 0.15) is 13.2 Å². The van der Waals surface area contributed by atoms with Crippen molar-refractivity contribution in [2.45, 2.75) is 38.6 Å². The summed E-state index contributed by atoms with van der Waals surface area (Å²) in [4.78, 5) is 28.3. The Hall–Kier alpha value is -4.36. The second kappa shape index (κ2) is 12.9. The van der Waals surface area contributed by atoms with Crippen LogP contribution in [0, 0.1) is 0 Å². The first kappa shape index (κ1) is 26.3. The topological polar surface area (TPSA) is 71.1 Å². The fourth-order valence-corrected chi connectivity index (χ4v) is 4.91. The summed E-state index contributed by atoms with van der Waals surface area (Å²) in [6.45, 7) is 2.50. The Morgan fingerprint density at radius 3 is 2.13 bits per heavy atom. The van der Waals surface area contributed by atoms with Crippen LogP contribution in [0.2, 0.25) is 0 Å². The number of hydrogen-bond acceptors (Lipinski definition) is 5. The third-order valence-electron chi connectivity index (χ3n) is 6.89. The molecule has 200 valence electrons. The monoisotopic (exact) mass is 523 g/mol. The molecular formula is C32H33N3O4. The highest BCUT2D eigenvalue weighted by Gasteiger charge is 2.32. The molecule has 0 saturated carbocycles. The minimum atomic E-state index is -0.692. The Balaban J connectivity index is 1.25. The van der Waals surface area contributed by atoms with Crippen molar-refractivity contribution < 1.29 is 19.1 Å². The van der Waals surface area contributed by atoms with Crippen molar-refractivity contribution >= 4 is 23.0 Å². The molecule has 1 atom stereocenters. The first-order valence-corrected chi connectivity index (χ1v) is 13.3. The lowest BCUT2D eigenvalue weighted by molar-refractivity contribution is 0.0244. The van der Waals surface area contributed by atoms with Gasteiger partial charge >= 0.3 is 12.2 Å². The zero-order valence-corrected chi connectivity index (χ0v) is 21.9. The van der Waals surface area contributed by atoms with Crippen LogP contribution in [-0.4, -0.2) is 41.2 Å². The Morgan fingerprint density at radius 1 is 0.769 bits per heavy atom. The molecule has 7 heteroatoms. The number of nitrogens with zero attached hydrogens (tertiary/aromatic N) is 2. The van der Waals surface area contributed by atoms with E-state index in [-0.39, 0.29) is 19.3 Å². The number of fused-ring (bicyclic) bond motifs is 1. The zero-order chi connectivity index (χ0) is 26.9. The molecule has 0 bridgehead atoms. The number of piperidine rings is 1. The average Bonchev–Trinajstić information content (AvgIpc) is 2.99. The van der Waals surface area contributed by atoms with Crippen LogP contribution in [0.15, 0.2) is 103 Å². The number of likely N-dealkylation sites (tertiary alicyclic amines) is 1. The molecule has 0 radical (unpaired) electrons. The first-order chi connectivity index (χ1) is 19.1. The molecule has 4 aromatic carbocycles. The predicted octanol–water partition coefficient (Wildman–Crippen LogP) is 6.28. The number of ether oxygens (including phenoxy) is 2. The summed E-state index contributed by atoms with van der Waals surface area (Å²) in [7, 11) is 0. The molecule has 0 aromatic heterocycles. The largest absolute Gasteiger partial charge is 0.443 e. The summed E-state index contributed by atoms with van der Waals surface area (Å²) >= 11 is 0. The maximum absolute atomic E-state index is 13.3. The van der Waals surface area contributed by atoms with Gasteiger partial charge in [-0.15, -0.1) is 0 Å². The Morgan fingerprint density at radius 2 is 1.41 bits per heavy atom. The second-order valence-electron chi connectivity index (χ2n) is 9.80. The summed E-state index contributed by atoms with van der Waals surface area (Å²) in [6.07, 6.45) is 0.338. The summed E-state index contributed by atoms with van der Waals surface area (Å²) in [5.74, 6) is 0. The average molecular weight is 524 g/mol. The lowest BCUT2D eigenvalue weighted by atomic mass is 10.0. The SMILES string of the molecule is O=C(NN(C(=O)OCc1ccccc1)C1CCCN(Cc2ccc3ccccc3c2)C1)OCc1ccccc1. The molecule has 1 N–H and O–H groups in total. The quantitative estimate of drug-likeness (QED) is 0.289. The van der Waals surface area contributed by atoms with E-state index in [9.17, 15) is 9.59 Å². The van der Waals surface area contributed by atoms with Crippen molar-refractivity contribution in [3.05, 3.63) is 120 Å². The van der Waals surface area contributed by atoms with Crippen LogP contribution >= 0.6 is 0 Å². The van der Waals surface area contributed by atoms with Gasteiger partial charge in [-0.3, -0.25) is 4.90 Å². The molecule has 0 aliphatic carbocycles. The van der Waals surface area contributed by atoms with Crippen LogP contribution in [0.25, 0.3) is 10.8 Å². The molecule has 7 nitrogen and oxygen atoms in total.